The third-order valence-corrected chi connectivity index (χ3v) is 4.86. The summed E-state index contributed by atoms with van der Waals surface area (Å²) in [5.74, 6) is -0.539. The van der Waals surface area contributed by atoms with Gasteiger partial charge in [-0.3, -0.25) is 19.7 Å². The summed E-state index contributed by atoms with van der Waals surface area (Å²) in [5.41, 5.74) is 1.04. The number of ketones is 1. The molecule has 1 N–H and O–H groups in total. The first-order valence-electron chi connectivity index (χ1n) is 9.26. The van der Waals surface area contributed by atoms with Crippen LogP contribution in [0.5, 0.6) is 0 Å². The van der Waals surface area contributed by atoms with Crippen LogP contribution in [0.1, 0.15) is 48.5 Å². The summed E-state index contributed by atoms with van der Waals surface area (Å²) in [6.45, 7) is 1.39. The Morgan fingerprint density at radius 2 is 1.71 bits per heavy atom. The monoisotopic (exact) mass is 382 g/mol. The van der Waals surface area contributed by atoms with E-state index in [0.717, 1.165) is 25.7 Å². The van der Waals surface area contributed by atoms with Crippen molar-refractivity contribution in [2.45, 2.75) is 44.8 Å². The van der Waals surface area contributed by atoms with Crippen molar-refractivity contribution in [2.24, 2.45) is 0 Å². The molecule has 146 valence electrons. The molecule has 0 bridgehead atoms. The fourth-order valence-corrected chi connectivity index (χ4v) is 3.48. The second kappa shape index (κ2) is 8.65. The summed E-state index contributed by atoms with van der Waals surface area (Å²) in [5, 5.41) is 14.8. The van der Waals surface area contributed by atoms with Gasteiger partial charge in [-0.1, -0.05) is 30.3 Å². The maximum absolute atomic E-state index is 12.6. The number of carbonyl (C=O) groups excluding carboxylic acids is 2. The van der Waals surface area contributed by atoms with E-state index in [-0.39, 0.29) is 35.1 Å². The maximum atomic E-state index is 12.6. The average molecular weight is 382 g/mol. The van der Waals surface area contributed by atoms with E-state index in [1.54, 1.807) is 36.4 Å². The van der Waals surface area contributed by atoms with Crippen LogP contribution in [0.4, 0.5) is 11.4 Å². The van der Waals surface area contributed by atoms with E-state index in [1.165, 1.54) is 13.0 Å². The zero-order valence-electron chi connectivity index (χ0n) is 15.6. The van der Waals surface area contributed by atoms with E-state index in [1.807, 2.05) is 6.07 Å². The molecular weight excluding hydrogens is 360 g/mol. The molecule has 1 fully saturated rings. The highest BCUT2D eigenvalue weighted by Crippen LogP contribution is 2.30. The number of nitrogens with one attached hydrogen (secondary N) is 1. The molecule has 3 rings (SSSR count). The van der Waals surface area contributed by atoms with E-state index in [4.69, 9.17) is 4.74 Å². The van der Waals surface area contributed by atoms with Crippen LogP contribution >= 0.6 is 0 Å². The van der Waals surface area contributed by atoms with Gasteiger partial charge >= 0.3 is 5.97 Å². The highest BCUT2D eigenvalue weighted by Gasteiger charge is 2.25. The minimum absolute atomic E-state index is 0.0567. The largest absolute Gasteiger partial charge is 0.463 e. The van der Waals surface area contributed by atoms with Crippen LogP contribution in [0.2, 0.25) is 0 Å². The van der Waals surface area contributed by atoms with Crippen molar-refractivity contribution in [3.8, 4) is 0 Å². The molecule has 7 heteroatoms. The van der Waals surface area contributed by atoms with Gasteiger partial charge in [0.05, 0.1) is 4.92 Å². The Hall–Kier alpha value is -3.22. The van der Waals surface area contributed by atoms with Crippen molar-refractivity contribution >= 4 is 23.1 Å². The van der Waals surface area contributed by atoms with Crippen LogP contribution in [0.3, 0.4) is 0 Å². The number of rotatable bonds is 6. The highest BCUT2D eigenvalue weighted by molar-refractivity contribution is 6.09. The fourth-order valence-electron chi connectivity index (χ4n) is 3.48. The Labute approximate surface area is 162 Å². The van der Waals surface area contributed by atoms with Crippen LogP contribution in [0.25, 0.3) is 0 Å². The highest BCUT2D eigenvalue weighted by atomic mass is 16.6. The van der Waals surface area contributed by atoms with Crippen LogP contribution in [-0.4, -0.2) is 28.8 Å². The van der Waals surface area contributed by atoms with Crippen LogP contribution < -0.4 is 5.32 Å². The summed E-state index contributed by atoms with van der Waals surface area (Å²) >= 11 is 0. The zero-order chi connectivity index (χ0) is 20.1. The van der Waals surface area contributed by atoms with Crippen LogP contribution in [0.15, 0.2) is 48.5 Å². The molecule has 2 aromatic carbocycles. The number of nitrogens with zero attached hydrogens (tertiary/aromatic N) is 1. The quantitative estimate of drug-likeness (QED) is 0.349. The number of carbonyl (C=O) groups is 2. The van der Waals surface area contributed by atoms with E-state index >= 15 is 0 Å². The number of nitro groups is 1. The minimum atomic E-state index is -0.478. The summed E-state index contributed by atoms with van der Waals surface area (Å²) < 4.78 is 5.22. The topological polar surface area (TPSA) is 98.5 Å². The molecule has 1 aliphatic rings. The predicted molar refractivity (Wildman–Crippen MR) is 104 cm³/mol. The van der Waals surface area contributed by atoms with Gasteiger partial charge in [0.2, 0.25) is 0 Å². The van der Waals surface area contributed by atoms with Gasteiger partial charge in [-0.25, -0.2) is 0 Å². The van der Waals surface area contributed by atoms with E-state index < -0.39 is 4.92 Å². The summed E-state index contributed by atoms with van der Waals surface area (Å²) in [6.07, 6.45) is 2.85. The first-order valence-corrected chi connectivity index (χ1v) is 9.26. The third kappa shape index (κ3) is 4.73. The standard InChI is InChI=1S/C21H22N2O5/c1-14(24)28-18-10-8-17(9-11-18)22-19-12-7-16(13-20(19)23(26)27)21(25)15-5-3-2-4-6-15/h2-7,12-13,17-18,22H,8-11H2,1H3/t17-,18-. The number of benzene rings is 2. The van der Waals surface area contributed by atoms with Crippen molar-refractivity contribution < 1.29 is 19.2 Å². The minimum Gasteiger partial charge on any atom is -0.463 e. The lowest BCUT2D eigenvalue weighted by molar-refractivity contribution is -0.384. The van der Waals surface area contributed by atoms with Crippen molar-refractivity contribution in [1.29, 1.82) is 0 Å². The smallest absolute Gasteiger partial charge is 0.302 e. The molecule has 0 aromatic heterocycles. The van der Waals surface area contributed by atoms with E-state index in [2.05, 4.69) is 5.32 Å². The number of anilines is 1. The Morgan fingerprint density at radius 1 is 1.04 bits per heavy atom. The normalized spacial score (nSPS) is 18.9. The number of ether oxygens (including phenoxy) is 1. The molecule has 0 spiro atoms. The molecule has 0 aliphatic heterocycles. The number of hydrogen-bond donors (Lipinski definition) is 1. The van der Waals surface area contributed by atoms with Gasteiger partial charge in [0, 0.05) is 30.2 Å². The van der Waals surface area contributed by atoms with Crippen molar-refractivity contribution in [2.75, 3.05) is 5.32 Å². The lowest BCUT2D eigenvalue weighted by Gasteiger charge is -2.29. The number of nitro benzene ring substituents is 1. The molecule has 7 nitrogen and oxygen atoms in total. The Balaban J connectivity index is 1.73. The fraction of sp³-hybridized carbons (Fsp3) is 0.333. The second-order valence-electron chi connectivity index (χ2n) is 6.91. The lowest BCUT2D eigenvalue weighted by atomic mass is 9.92. The summed E-state index contributed by atoms with van der Waals surface area (Å²) in [4.78, 5) is 34.7. The first kappa shape index (κ1) is 19.5. The Bertz CT molecular complexity index is 874. The molecule has 0 radical (unpaired) electrons. The molecule has 2 aromatic rings. The molecule has 0 saturated heterocycles. The summed E-state index contributed by atoms with van der Waals surface area (Å²) in [7, 11) is 0. The molecular formula is C21H22N2O5. The van der Waals surface area contributed by atoms with Gasteiger partial charge in [-0.05, 0) is 37.8 Å². The molecule has 28 heavy (non-hydrogen) atoms. The van der Waals surface area contributed by atoms with Gasteiger partial charge in [0.25, 0.3) is 5.69 Å². The predicted octanol–water partition coefficient (Wildman–Crippen LogP) is 4.11. The number of hydrogen-bond acceptors (Lipinski definition) is 6. The molecule has 0 amide bonds. The zero-order valence-corrected chi connectivity index (χ0v) is 15.6. The number of esters is 1. The van der Waals surface area contributed by atoms with Crippen LogP contribution in [-0.2, 0) is 9.53 Å². The van der Waals surface area contributed by atoms with Gasteiger partial charge in [0.1, 0.15) is 11.8 Å². The van der Waals surface area contributed by atoms with Gasteiger partial charge < -0.3 is 10.1 Å². The molecule has 1 aliphatic carbocycles. The Kier molecular flexibility index (Phi) is 6.03. The molecule has 1 saturated carbocycles. The third-order valence-electron chi connectivity index (χ3n) is 4.86. The maximum Gasteiger partial charge on any atom is 0.302 e. The average Bonchev–Trinajstić information content (AvgIpc) is 2.69. The summed E-state index contributed by atoms with van der Waals surface area (Å²) in [6, 6.07) is 13.3. The molecule has 0 heterocycles. The second-order valence-corrected chi connectivity index (χ2v) is 6.91. The van der Waals surface area contributed by atoms with Crippen molar-refractivity contribution in [3.05, 3.63) is 69.8 Å². The van der Waals surface area contributed by atoms with E-state index in [9.17, 15) is 19.7 Å². The van der Waals surface area contributed by atoms with Gasteiger partial charge in [-0.2, -0.15) is 0 Å². The van der Waals surface area contributed by atoms with Crippen molar-refractivity contribution in [1.82, 2.24) is 0 Å². The van der Waals surface area contributed by atoms with Crippen LogP contribution in [0, 0.1) is 10.1 Å². The first-order chi connectivity index (χ1) is 13.4. The SMILES string of the molecule is CC(=O)O[C@H]1CC[C@H](Nc2ccc(C(=O)c3ccccc3)cc2[N+](=O)[O-])CC1. The van der Waals surface area contributed by atoms with Crippen molar-refractivity contribution in [3.63, 3.8) is 0 Å². The molecule has 0 unspecified atom stereocenters. The van der Waals surface area contributed by atoms with Gasteiger partial charge in [0.15, 0.2) is 5.78 Å². The lowest BCUT2D eigenvalue weighted by Crippen LogP contribution is -2.30. The van der Waals surface area contributed by atoms with E-state index in [0.29, 0.717) is 11.3 Å². The Morgan fingerprint density at radius 3 is 2.32 bits per heavy atom. The molecule has 0 atom stereocenters. The van der Waals surface area contributed by atoms with Gasteiger partial charge in [-0.15, -0.1) is 0 Å².